The number of halogens is 1. The summed E-state index contributed by atoms with van der Waals surface area (Å²) in [4.78, 5) is 28.0. The fraction of sp³-hybridized carbons (Fsp3) is 0.391. The molecule has 0 aromatic heterocycles. The Bertz CT molecular complexity index is 891. The summed E-state index contributed by atoms with van der Waals surface area (Å²) in [6, 6.07) is 13.2. The Balaban J connectivity index is 1.63. The van der Waals surface area contributed by atoms with E-state index in [1.807, 2.05) is 35.2 Å². The third kappa shape index (κ3) is 5.45. The molecule has 0 saturated carbocycles. The van der Waals surface area contributed by atoms with Gasteiger partial charge in [-0.05, 0) is 35.7 Å². The summed E-state index contributed by atoms with van der Waals surface area (Å²) in [5.74, 6) is 0.914. The Morgan fingerprint density at radius 3 is 2.33 bits per heavy atom. The van der Waals surface area contributed by atoms with E-state index in [0.717, 1.165) is 5.69 Å². The Hall–Kier alpha value is -2.73. The molecule has 3 rings (SSSR count). The van der Waals surface area contributed by atoms with Crippen molar-refractivity contribution in [2.24, 2.45) is 0 Å². The number of hydrogen-bond donors (Lipinski definition) is 1. The summed E-state index contributed by atoms with van der Waals surface area (Å²) in [6.45, 7) is 8.32. The van der Waals surface area contributed by atoms with E-state index in [1.165, 1.54) is 5.56 Å². The van der Waals surface area contributed by atoms with Gasteiger partial charge in [-0.25, -0.2) is 0 Å². The van der Waals surface area contributed by atoms with Crippen molar-refractivity contribution in [3.8, 4) is 5.75 Å². The van der Waals surface area contributed by atoms with Crippen LogP contribution in [0.15, 0.2) is 42.5 Å². The number of ether oxygens (including phenoxy) is 1. The van der Waals surface area contributed by atoms with Crippen molar-refractivity contribution in [3.63, 3.8) is 0 Å². The normalized spacial score (nSPS) is 14.0. The van der Waals surface area contributed by atoms with Gasteiger partial charge in [0.05, 0.1) is 16.4 Å². The highest BCUT2D eigenvalue weighted by molar-refractivity contribution is 6.34. The number of carbonyl (C=O) groups excluding carboxylic acids is 2. The van der Waals surface area contributed by atoms with Crippen LogP contribution in [-0.4, -0.2) is 49.5 Å². The number of carbonyl (C=O) groups is 2. The fourth-order valence-electron chi connectivity index (χ4n) is 3.47. The molecule has 0 atom stereocenters. The van der Waals surface area contributed by atoms with Crippen LogP contribution in [0.5, 0.6) is 5.75 Å². The lowest BCUT2D eigenvalue weighted by Gasteiger charge is -2.36. The number of amides is 2. The van der Waals surface area contributed by atoms with Crippen LogP contribution in [0.2, 0.25) is 5.02 Å². The number of para-hydroxylation sites is 1. The lowest BCUT2D eigenvalue weighted by atomic mass is 10.0. The molecule has 0 unspecified atom stereocenters. The topological polar surface area (TPSA) is 61.9 Å². The minimum atomic E-state index is -0.256. The summed E-state index contributed by atoms with van der Waals surface area (Å²) in [6.07, 6.45) is 0. The van der Waals surface area contributed by atoms with E-state index in [4.69, 9.17) is 16.3 Å². The second-order valence-corrected chi connectivity index (χ2v) is 8.10. The quantitative estimate of drug-likeness (QED) is 0.749. The van der Waals surface area contributed by atoms with E-state index in [9.17, 15) is 9.59 Å². The highest BCUT2D eigenvalue weighted by atomic mass is 35.5. The van der Waals surface area contributed by atoms with Crippen molar-refractivity contribution in [3.05, 3.63) is 53.1 Å². The maximum absolute atomic E-state index is 12.5. The summed E-state index contributed by atoms with van der Waals surface area (Å²) < 4.78 is 5.63. The van der Waals surface area contributed by atoms with Crippen molar-refractivity contribution in [2.75, 3.05) is 43.0 Å². The monoisotopic (exact) mass is 429 g/mol. The first-order valence-corrected chi connectivity index (χ1v) is 10.5. The van der Waals surface area contributed by atoms with Crippen molar-refractivity contribution >= 4 is 34.8 Å². The van der Waals surface area contributed by atoms with E-state index in [-0.39, 0.29) is 18.4 Å². The SMILES string of the molecule is CC(=O)N1CCN(c2c(Cl)cccc2NC(=O)COc2ccc(C(C)C)cc2)CC1. The Kier molecular flexibility index (Phi) is 7.21. The van der Waals surface area contributed by atoms with Crippen molar-refractivity contribution in [1.82, 2.24) is 4.90 Å². The molecule has 1 fully saturated rings. The second kappa shape index (κ2) is 9.85. The first kappa shape index (κ1) is 22.0. The van der Waals surface area contributed by atoms with Gasteiger partial charge in [-0.15, -0.1) is 0 Å². The largest absolute Gasteiger partial charge is 0.484 e. The van der Waals surface area contributed by atoms with E-state index in [0.29, 0.717) is 48.6 Å². The van der Waals surface area contributed by atoms with Gasteiger partial charge in [0, 0.05) is 33.1 Å². The average molecular weight is 430 g/mol. The van der Waals surface area contributed by atoms with Gasteiger partial charge in [0.25, 0.3) is 5.91 Å². The summed E-state index contributed by atoms with van der Waals surface area (Å²) in [5.41, 5.74) is 2.64. The zero-order chi connectivity index (χ0) is 21.7. The molecular weight excluding hydrogens is 402 g/mol. The summed E-state index contributed by atoms with van der Waals surface area (Å²) in [7, 11) is 0. The molecule has 1 heterocycles. The predicted octanol–water partition coefficient (Wildman–Crippen LogP) is 4.15. The van der Waals surface area contributed by atoms with Gasteiger partial charge in [0.1, 0.15) is 5.75 Å². The molecule has 6 nitrogen and oxygen atoms in total. The van der Waals surface area contributed by atoms with E-state index >= 15 is 0 Å². The number of benzene rings is 2. The third-order valence-electron chi connectivity index (χ3n) is 5.22. The van der Waals surface area contributed by atoms with Gasteiger partial charge in [0.2, 0.25) is 5.91 Å². The average Bonchev–Trinajstić information content (AvgIpc) is 2.73. The number of hydrogen-bond acceptors (Lipinski definition) is 4. The number of rotatable bonds is 6. The number of nitrogens with one attached hydrogen (secondary N) is 1. The van der Waals surface area contributed by atoms with Crippen LogP contribution in [0, 0.1) is 0 Å². The van der Waals surface area contributed by atoms with Gasteiger partial charge in [-0.1, -0.05) is 43.6 Å². The molecule has 160 valence electrons. The van der Waals surface area contributed by atoms with Gasteiger partial charge in [0.15, 0.2) is 6.61 Å². The summed E-state index contributed by atoms with van der Waals surface area (Å²) >= 11 is 6.45. The van der Waals surface area contributed by atoms with Gasteiger partial charge >= 0.3 is 0 Å². The number of anilines is 2. The maximum Gasteiger partial charge on any atom is 0.262 e. The lowest BCUT2D eigenvalue weighted by Crippen LogP contribution is -2.48. The van der Waals surface area contributed by atoms with Crippen molar-refractivity contribution in [1.29, 1.82) is 0 Å². The van der Waals surface area contributed by atoms with E-state index in [1.54, 1.807) is 19.1 Å². The fourth-order valence-corrected chi connectivity index (χ4v) is 3.76. The van der Waals surface area contributed by atoms with Crippen LogP contribution >= 0.6 is 11.6 Å². The zero-order valence-corrected chi connectivity index (χ0v) is 18.4. The number of piperazine rings is 1. The molecule has 2 amide bonds. The highest BCUT2D eigenvalue weighted by Gasteiger charge is 2.23. The predicted molar refractivity (Wildman–Crippen MR) is 121 cm³/mol. The van der Waals surface area contributed by atoms with E-state index in [2.05, 4.69) is 24.1 Å². The van der Waals surface area contributed by atoms with Gasteiger partial charge in [-0.3, -0.25) is 9.59 Å². The van der Waals surface area contributed by atoms with Crippen LogP contribution < -0.4 is 15.0 Å². The molecule has 2 aromatic rings. The highest BCUT2D eigenvalue weighted by Crippen LogP contribution is 2.34. The minimum absolute atomic E-state index is 0.0703. The Morgan fingerprint density at radius 1 is 1.07 bits per heavy atom. The molecule has 1 saturated heterocycles. The second-order valence-electron chi connectivity index (χ2n) is 7.69. The third-order valence-corrected chi connectivity index (χ3v) is 5.52. The molecule has 0 bridgehead atoms. The molecule has 0 spiro atoms. The molecule has 0 radical (unpaired) electrons. The standard InChI is InChI=1S/C23H28ClN3O3/c1-16(2)18-7-9-19(10-8-18)30-15-22(29)25-21-6-4-5-20(24)23(21)27-13-11-26(12-14-27)17(3)28/h4-10,16H,11-15H2,1-3H3,(H,25,29). The zero-order valence-electron chi connectivity index (χ0n) is 17.7. The number of nitrogens with zero attached hydrogens (tertiary/aromatic N) is 2. The van der Waals surface area contributed by atoms with Gasteiger partial charge in [-0.2, -0.15) is 0 Å². The molecule has 2 aromatic carbocycles. The molecular formula is C23H28ClN3O3. The summed E-state index contributed by atoms with van der Waals surface area (Å²) in [5, 5.41) is 3.48. The first-order valence-electron chi connectivity index (χ1n) is 10.2. The molecule has 0 aliphatic carbocycles. The molecule has 1 N–H and O–H groups in total. The van der Waals surface area contributed by atoms with Crippen LogP contribution in [0.4, 0.5) is 11.4 Å². The Labute approximate surface area is 182 Å². The molecule has 1 aliphatic heterocycles. The smallest absolute Gasteiger partial charge is 0.262 e. The minimum Gasteiger partial charge on any atom is -0.484 e. The van der Waals surface area contributed by atoms with Gasteiger partial charge < -0.3 is 19.9 Å². The van der Waals surface area contributed by atoms with Crippen LogP contribution in [0.3, 0.4) is 0 Å². The van der Waals surface area contributed by atoms with Crippen molar-refractivity contribution in [2.45, 2.75) is 26.7 Å². The molecule has 7 heteroatoms. The van der Waals surface area contributed by atoms with Crippen LogP contribution in [0.1, 0.15) is 32.3 Å². The van der Waals surface area contributed by atoms with Crippen LogP contribution in [0.25, 0.3) is 0 Å². The van der Waals surface area contributed by atoms with E-state index < -0.39 is 0 Å². The van der Waals surface area contributed by atoms with Crippen LogP contribution in [-0.2, 0) is 9.59 Å². The van der Waals surface area contributed by atoms with Crippen molar-refractivity contribution < 1.29 is 14.3 Å². The first-order chi connectivity index (χ1) is 14.3. The molecule has 30 heavy (non-hydrogen) atoms. The molecule has 1 aliphatic rings. The Morgan fingerprint density at radius 2 is 1.73 bits per heavy atom. The maximum atomic E-state index is 12.5. The lowest BCUT2D eigenvalue weighted by molar-refractivity contribution is -0.129.